The summed E-state index contributed by atoms with van der Waals surface area (Å²) in [6.45, 7) is 5.32. The molecule has 1 N–H and O–H groups in total. The standard InChI is InChI=1S/C14H20N6O/c1-3-19-6-7-20(10-12(19)13-15-4-5-16-13)14(21)11-8-17-18(2)9-11/h4-5,8-9,12H,3,6-7,10H2,1-2H3,(H,15,16). The van der Waals surface area contributed by atoms with Crippen molar-refractivity contribution >= 4 is 5.91 Å². The Morgan fingerprint density at radius 1 is 1.48 bits per heavy atom. The fourth-order valence-electron chi connectivity index (χ4n) is 2.82. The zero-order valence-corrected chi connectivity index (χ0v) is 12.4. The third kappa shape index (κ3) is 2.69. The molecule has 2 aromatic heterocycles. The zero-order chi connectivity index (χ0) is 14.8. The molecule has 112 valence electrons. The van der Waals surface area contributed by atoms with Crippen LogP contribution < -0.4 is 0 Å². The van der Waals surface area contributed by atoms with E-state index in [4.69, 9.17) is 0 Å². The smallest absolute Gasteiger partial charge is 0.257 e. The highest BCUT2D eigenvalue weighted by Crippen LogP contribution is 2.23. The molecule has 1 saturated heterocycles. The maximum atomic E-state index is 12.5. The lowest BCUT2D eigenvalue weighted by atomic mass is 10.1. The molecule has 1 unspecified atom stereocenters. The van der Waals surface area contributed by atoms with Gasteiger partial charge in [-0.25, -0.2) is 4.98 Å². The average Bonchev–Trinajstić information content (AvgIpc) is 3.17. The van der Waals surface area contributed by atoms with Gasteiger partial charge in [-0.2, -0.15) is 5.10 Å². The van der Waals surface area contributed by atoms with E-state index in [-0.39, 0.29) is 11.9 Å². The number of amides is 1. The number of rotatable bonds is 3. The summed E-state index contributed by atoms with van der Waals surface area (Å²) in [4.78, 5) is 24.3. The Morgan fingerprint density at radius 2 is 2.33 bits per heavy atom. The molecule has 0 saturated carbocycles. The number of nitrogens with zero attached hydrogens (tertiary/aromatic N) is 5. The number of nitrogens with one attached hydrogen (secondary N) is 1. The van der Waals surface area contributed by atoms with Gasteiger partial charge in [0.2, 0.25) is 0 Å². The van der Waals surface area contributed by atoms with Gasteiger partial charge in [0, 0.05) is 45.3 Å². The molecule has 1 fully saturated rings. The number of imidazole rings is 1. The van der Waals surface area contributed by atoms with E-state index in [2.05, 4.69) is 26.9 Å². The van der Waals surface area contributed by atoms with Crippen molar-refractivity contribution in [3.8, 4) is 0 Å². The summed E-state index contributed by atoms with van der Waals surface area (Å²) in [7, 11) is 1.82. The summed E-state index contributed by atoms with van der Waals surface area (Å²) >= 11 is 0. The summed E-state index contributed by atoms with van der Waals surface area (Å²) in [5, 5.41) is 4.07. The number of H-pyrrole nitrogens is 1. The molecule has 1 aliphatic heterocycles. The van der Waals surface area contributed by atoms with Gasteiger partial charge in [-0.05, 0) is 6.54 Å². The maximum Gasteiger partial charge on any atom is 0.257 e. The highest BCUT2D eigenvalue weighted by atomic mass is 16.2. The minimum atomic E-state index is 0.0374. The van der Waals surface area contributed by atoms with Crippen molar-refractivity contribution in [2.45, 2.75) is 13.0 Å². The van der Waals surface area contributed by atoms with Gasteiger partial charge in [0.15, 0.2) is 0 Å². The maximum absolute atomic E-state index is 12.5. The second kappa shape index (κ2) is 5.69. The predicted molar refractivity (Wildman–Crippen MR) is 77.7 cm³/mol. The fourth-order valence-corrected chi connectivity index (χ4v) is 2.82. The van der Waals surface area contributed by atoms with E-state index in [1.54, 1.807) is 23.3 Å². The lowest BCUT2D eigenvalue weighted by Crippen LogP contribution is -2.50. The molecule has 0 radical (unpaired) electrons. The average molecular weight is 288 g/mol. The Kier molecular flexibility index (Phi) is 3.74. The zero-order valence-electron chi connectivity index (χ0n) is 12.4. The summed E-state index contributed by atoms with van der Waals surface area (Å²) in [6, 6.07) is 0.124. The minimum absolute atomic E-state index is 0.0374. The number of aromatic nitrogens is 4. The summed E-state index contributed by atoms with van der Waals surface area (Å²) in [6.07, 6.45) is 6.96. The topological polar surface area (TPSA) is 70.0 Å². The first-order valence-electron chi connectivity index (χ1n) is 7.20. The van der Waals surface area contributed by atoms with Crippen molar-refractivity contribution in [3.05, 3.63) is 36.2 Å². The molecule has 21 heavy (non-hydrogen) atoms. The molecule has 2 aromatic rings. The molecule has 3 rings (SSSR count). The van der Waals surface area contributed by atoms with Crippen LogP contribution in [0.15, 0.2) is 24.8 Å². The summed E-state index contributed by atoms with van der Waals surface area (Å²) < 4.78 is 1.65. The van der Waals surface area contributed by atoms with Crippen molar-refractivity contribution in [1.29, 1.82) is 0 Å². The molecular formula is C14H20N6O. The van der Waals surface area contributed by atoms with E-state index in [9.17, 15) is 4.79 Å². The molecule has 0 aliphatic carbocycles. The van der Waals surface area contributed by atoms with Crippen LogP contribution in [0.5, 0.6) is 0 Å². The van der Waals surface area contributed by atoms with Crippen molar-refractivity contribution < 1.29 is 4.79 Å². The molecule has 0 bridgehead atoms. The monoisotopic (exact) mass is 288 g/mol. The number of likely N-dealkylation sites (N-methyl/N-ethyl adjacent to an activating group) is 1. The van der Waals surface area contributed by atoms with Gasteiger partial charge in [-0.1, -0.05) is 6.92 Å². The van der Waals surface area contributed by atoms with Gasteiger partial charge < -0.3 is 9.88 Å². The Hall–Kier alpha value is -2.15. The number of piperazine rings is 1. The summed E-state index contributed by atoms with van der Waals surface area (Å²) in [5.41, 5.74) is 0.639. The molecule has 3 heterocycles. The Labute approximate surface area is 123 Å². The molecule has 0 aromatic carbocycles. The van der Waals surface area contributed by atoms with Gasteiger partial charge in [0.25, 0.3) is 5.91 Å². The van der Waals surface area contributed by atoms with Crippen LogP contribution in [0.2, 0.25) is 0 Å². The Bertz CT molecular complexity index is 605. The SMILES string of the molecule is CCN1CCN(C(=O)c2cnn(C)c2)CC1c1ncc[nH]1. The first-order chi connectivity index (χ1) is 10.2. The molecule has 0 spiro atoms. The van der Waals surface area contributed by atoms with E-state index in [0.717, 1.165) is 25.5 Å². The Balaban J connectivity index is 1.78. The van der Waals surface area contributed by atoms with Gasteiger partial charge in [0.05, 0.1) is 17.8 Å². The van der Waals surface area contributed by atoms with Crippen LogP contribution in [0.4, 0.5) is 0 Å². The van der Waals surface area contributed by atoms with Crippen LogP contribution in [-0.4, -0.2) is 61.6 Å². The molecule has 7 nitrogen and oxygen atoms in total. The lowest BCUT2D eigenvalue weighted by Gasteiger charge is -2.39. The van der Waals surface area contributed by atoms with Crippen LogP contribution in [0, 0.1) is 0 Å². The molecule has 1 amide bonds. The minimum Gasteiger partial charge on any atom is -0.347 e. The van der Waals surface area contributed by atoms with Crippen LogP contribution in [0.3, 0.4) is 0 Å². The van der Waals surface area contributed by atoms with Crippen LogP contribution in [0.1, 0.15) is 29.1 Å². The molecule has 1 aliphatic rings. The van der Waals surface area contributed by atoms with Crippen molar-refractivity contribution in [1.82, 2.24) is 29.5 Å². The van der Waals surface area contributed by atoms with Crippen molar-refractivity contribution in [2.24, 2.45) is 7.05 Å². The Morgan fingerprint density at radius 3 is 2.95 bits per heavy atom. The van der Waals surface area contributed by atoms with Gasteiger partial charge in [-0.15, -0.1) is 0 Å². The lowest BCUT2D eigenvalue weighted by molar-refractivity contribution is 0.0480. The van der Waals surface area contributed by atoms with Gasteiger partial charge in [0.1, 0.15) is 5.82 Å². The third-order valence-corrected chi connectivity index (χ3v) is 3.97. The van der Waals surface area contributed by atoms with Crippen LogP contribution >= 0.6 is 0 Å². The van der Waals surface area contributed by atoms with E-state index in [1.807, 2.05) is 18.1 Å². The molecular weight excluding hydrogens is 268 g/mol. The fraction of sp³-hybridized carbons (Fsp3) is 0.500. The van der Waals surface area contributed by atoms with Gasteiger partial charge in [-0.3, -0.25) is 14.4 Å². The van der Waals surface area contributed by atoms with Crippen molar-refractivity contribution in [3.63, 3.8) is 0 Å². The third-order valence-electron chi connectivity index (χ3n) is 3.97. The predicted octanol–water partition coefficient (Wildman–Crippen LogP) is 0.662. The van der Waals surface area contributed by atoms with Crippen molar-refractivity contribution in [2.75, 3.05) is 26.2 Å². The largest absolute Gasteiger partial charge is 0.347 e. The normalized spacial score (nSPS) is 19.9. The highest BCUT2D eigenvalue weighted by Gasteiger charge is 2.31. The quantitative estimate of drug-likeness (QED) is 0.901. The van der Waals surface area contributed by atoms with Crippen LogP contribution in [-0.2, 0) is 7.05 Å². The number of aromatic amines is 1. The number of aryl methyl sites for hydroxylation is 1. The number of carbonyl (C=O) groups is 1. The second-order valence-electron chi connectivity index (χ2n) is 5.27. The van der Waals surface area contributed by atoms with E-state index in [0.29, 0.717) is 12.1 Å². The van der Waals surface area contributed by atoms with Crippen LogP contribution in [0.25, 0.3) is 0 Å². The number of carbonyl (C=O) groups excluding carboxylic acids is 1. The van der Waals surface area contributed by atoms with E-state index < -0.39 is 0 Å². The van der Waals surface area contributed by atoms with E-state index >= 15 is 0 Å². The number of hydrogen-bond donors (Lipinski definition) is 1. The van der Waals surface area contributed by atoms with E-state index in [1.165, 1.54) is 0 Å². The first kappa shape index (κ1) is 13.8. The molecule has 7 heteroatoms. The number of hydrogen-bond acceptors (Lipinski definition) is 4. The second-order valence-corrected chi connectivity index (χ2v) is 5.27. The summed E-state index contributed by atoms with van der Waals surface area (Å²) in [5.74, 6) is 0.955. The van der Waals surface area contributed by atoms with Gasteiger partial charge >= 0.3 is 0 Å². The highest BCUT2D eigenvalue weighted by molar-refractivity contribution is 5.93. The first-order valence-corrected chi connectivity index (χ1v) is 7.20. The molecule has 1 atom stereocenters.